The number of anilines is 2. The van der Waals surface area contributed by atoms with Gasteiger partial charge in [-0.2, -0.15) is 4.80 Å². The molecule has 11 heteroatoms. The van der Waals surface area contributed by atoms with Gasteiger partial charge in [-0.05, 0) is 23.8 Å². The SMILES string of the molecule is O=C(O)Cn1nnc(-c2cnc(N3C[C@H]4C[C@@H]3CN4c3ccccc3Cl)s2)n1. The number of piperazine rings is 1. The molecule has 2 aromatic heterocycles. The first kappa shape index (κ1) is 17.4. The molecule has 0 spiro atoms. The van der Waals surface area contributed by atoms with Crippen molar-refractivity contribution in [1.29, 1.82) is 0 Å². The lowest BCUT2D eigenvalue weighted by molar-refractivity contribution is -0.138. The number of aromatic nitrogens is 5. The van der Waals surface area contributed by atoms with Crippen LogP contribution in [0.4, 0.5) is 10.8 Å². The first-order chi connectivity index (χ1) is 13.6. The number of fused-ring (bicyclic) bond motifs is 2. The third-order valence-corrected chi connectivity index (χ3v) is 6.44. The zero-order valence-corrected chi connectivity index (χ0v) is 16.2. The molecule has 3 aromatic rings. The van der Waals surface area contributed by atoms with Crippen molar-refractivity contribution in [3.05, 3.63) is 35.5 Å². The average molecular weight is 418 g/mol. The van der Waals surface area contributed by atoms with Crippen molar-refractivity contribution in [3.8, 4) is 10.7 Å². The van der Waals surface area contributed by atoms with Gasteiger partial charge in [0.05, 0.1) is 27.8 Å². The molecule has 0 radical (unpaired) electrons. The minimum atomic E-state index is -1.01. The second-order valence-electron chi connectivity index (χ2n) is 6.84. The van der Waals surface area contributed by atoms with E-state index >= 15 is 0 Å². The van der Waals surface area contributed by atoms with Crippen LogP contribution in [0.3, 0.4) is 0 Å². The molecule has 0 amide bonds. The lowest BCUT2D eigenvalue weighted by atomic mass is 10.2. The van der Waals surface area contributed by atoms with Gasteiger partial charge >= 0.3 is 5.97 Å². The van der Waals surface area contributed by atoms with Crippen LogP contribution in [0.1, 0.15) is 6.42 Å². The van der Waals surface area contributed by atoms with Gasteiger partial charge in [0.2, 0.25) is 5.82 Å². The molecule has 0 unspecified atom stereocenters. The van der Waals surface area contributed by atoms with Gasteiger partial charge in [0.25, 0.3) is 0 Å². The number of tetrazole rings is 1. The van der Waals surface area contributed by atoms with Gasteiger partial charge in [-0.15, -0.1) is 10.2 Å². The maximum atomic E-state index is 10.8. The molecule has 0 aliphatic carbocycles. The van der Waals surface area contributed by atoms with Gasteiger partial charge in [0.1, 0.15) is 0 Å². The first-order valence-corrected chi connectivity index (χ1v) is 10.0. The third-order valence-electron chi connectivity index (χ3n) is 5.09. The molecule has 4 heterocycles. The predicted octanol–water partition coefficient (Wildman–Crippen LogP) is 2.00. The Morgan fingerprint density at radius 2 is 2.04 bits per heavy atom. The highest BCUT2D eigenvalue weighted by Crippen LogP contribution is 2.41. The van der Waals surface area contributed by atoms with Crippen molar-refractivity contribution >= 4 is 39.7 Å². The third kappa shape index (κ3) is 2.98. The van der Waals surface area contributed by atoms with Gasteiger partial charge in [0.15, 0.2) is 11.7 Å². The van der Waals surface area contributed by atoms with E-state index in [1.54, 1.807) is 6.20 Å². The van der Waals surface area contributed by atoms with Crippen LogP contribution < -0.4 is 9.80 Å². The van der Waals surface area contributed by atoms with Crippen LogP contribution >= 0.6 is 22.9 Å². The highest BCUT2D eigenvalue weighted by molar-refractivity contribution is 7.18. The van der Waals surface area contributed by atoms with Crippen LogP contribution in [-0.4, -0.2) is 61.4 Å². The summed E-state index contributed by atoms with van der Waals surface area (Å²) in [6, 6.07) is 8.76. The van der Waals surface area contributed by atoms with Crippen LogP contribution in [-0.2, 0) is 11.3 Å². The topological polar surface area (TPSA) is 100 Å². The zero-order chi connectivity index (χ0) is 19.3. The van der Waals surface area contributed by atoms with Crippen LogP contribution in [0.5, 0.6) is 0 Å². The smallest absolute Gasteiger partial charge is 0.327 e. The van der Waals surface area contributed by atoms with Crippen LogP contribution in [0.15, 0.2) is 30.5 Å². The number of nitrogens with zero attached hydrogens (tertiary/aromatic N) is 7. The van der Waals surface area contributed by atoms with Crippen molar-refractivity contribution in [1.82, 2.24) is 25.2 Å². The molecule has 0 saturated carbocycles. The van der Waals surface area contributed by atoms with E-state index in [0.717, 1.165) is 45.0 Å². The zero-order valence-electron chi connectivity index (χ0n) is 14.6. The Morgan fingerprint density at radius 3 is 2.79 bits per heavy atom. The normalized spacial score (nSPS) is 20.9. The Kier molecular flexibility index (Phi) is 4.17. The van der Waals surface area contributed by atoms with Crippen LogP contribution in [0.2, 0.25) is 5.02 Å². The summed E-state index contributed by atoms with van der Waals surface area (Å²) in [7, 11) is 0. The number of aliphatic carboxylic acids is 1. The second-order valence-corrected chi connectivity index (χ2v) is 8.26. The predicted molar refractivity (Wildman–Crippen MR) is 105 cm³/mol. The lowest BCUT2D eigenvalue weighted by Gasteiger charge is -2.35. The van der Waals surface area contributed by atoms with Crippen molar-refractivity contribution in [2.75, 3.05) is 22.9 Å². The molecule has 2 aliphatic heterocycles. The fourth-order valence-electron chi connectivity index (χ4n) is 3.91. The molecule has 9 nitrogen and oxygen atoms in total. The summed E-state index contributed by atoms with van der Waals surface area (Å²) >= 11 is 7.88. The molecule has 1 N–H and O–H groups in total. The molecule has 2 saturated heterocycles. The van der Waals surface area contributed by atoms with E-state index in [4.69, 9.17) is 16.7 Å². The number of thiazole rings is 1. The molecule has 2 atom stereocenters. The standard InChI is InChI=1S/C17H16ClN7O2S/c18-12-3-1-2-4-13(12)23-7-11-5-10(23)8-24(11)17-19-6-14(28-17)16-20-22-25(21-16)9-15(26)27/h1-4,6,10-11H,5,7-9H2,(H,26,27)/t10-,11-/m1/s1. The molecule has 144 valence electrons. The summed E-state index contributed by atoms with van der Waals surface area (Å²) in [5.41, 5.74) is 1.09. The van der Waals surface area contributed by atoms with E-state index in [-0.39, 0.29) is 6.54 Å². The summed E-state index contributed by atoms with van der Waals surface area (Å²) in [6.45, 7) is 1.49. The van der Waals surface area contributed by atoms with Gasteiger partial charge in [-0.3, -0.25) is 4.79 Å². The van der Waals surface area contributed by atoms with Crippen molar-refractivity contribution in [3.63, 3.8) is 0 Å². The largest absolute Gasteiger partial charge is 0.480 e. The van der Waals surface area contributed by atoms with E-state index in [2.05, 4.69) is 36.3 Å². The maximum Gasteiger partial charge on any atom is 0.327 e. The summed E-state index contributed by atoms with van der Waals surface area (Å²) in [5.74, 6) is -0.614. The molecule has 2 fully saturated rings. The number of halogens is 1. The molecule has 2 aliphatic rings. The number of hydrogen-bond acceptors (Lipinski definition) is 8. The van der Waals surface area contributed by atoms with E-state index in [0.29, 0.717) is 17.9 Å². The number of carboxylic acid groups (broad SMARTS) is 1. The van der Waals surface area contributed by atoms with Gasteiger partial charge in [-0.1, -0.05) is 35.1 Å². The number of rotatable bonds is 5. The van der Waals surface area contributed by atoms with Gasteiger partial charge < -0.3 is 14.9 Å². The molecular formula is C17H16ClN7O2S. The summed E-state index contributed by atoms with van der Waals surface area (Å²) < 4.78 is 0. The Morgan fingerprint density at radius 1 is 1.25 bits per heavy atom. The molecule has 1 aromatic carbocycles. The Hall–Kier alpha value is -2.72. The Labute approximate surface area is 169 Å². The van der Waals surface area contributed by atoms with E-state index in [1.807, 2.05) is 18.2 Å². The van der Waals surface area contributed by atoms with Crippen molar-refractivity contribution in [2.24, 2.45) is 0 Å². The molecule has 2 bridgehead atoms. The summed E-state index contributed by atoms with van der Waals surface area (Å²) in [5, 5.41) is 22.4. The van der Waals surface area contributed by atoms with Crippen molar-refractivity contribution < 1.29 is 9.90 Å². The van der Waals surface area contributed by atoms with Crippen LogP contribution in [0.25, 0.3) is 10.7 Å². The Balaban J connectivity index is 1.31. The molecule has 5 rings (SSSR count). The number of hydrogen-bond donors (Lipinski definition) is 1. The number of benzene rings is 1. The van der Waals surface area contributed by atoms with Gasteiger partial charge in [-0.25, -0.2) is 4.98 Å². The number of carbonyl (C=O) groups is 1. The molecule has 28 heavy (non-hydrogen) atoms. The molecular weight excluding hydrogens is 402 g/mol. The van der Waals surface area contributed by atoms with Crippen LogP contribution in [0, 0.1) is 0 Å². The van der Waals surface area contributed by atoms with E-state index in [1.165, 1.54) is 11.3 Å². The van der Waals surface area contributed by atoms with E-state index < -0.39 is 5.97 Å². The maximum absolute atomic E-state index is 10.8. The highest BCUT2D eigenvalue weighted by atomic mass is 35.5. The minimum Gasteiger partial charge on any atom is -0.480 e. The van der Waals surface area contributed by atoms with Gasteiger partial charge in [0, 0.05) is 19.1 Å². The number of carboxylic acids is 1. The highest BCUT2D eigenvalue weighted by Gasteiger charge is 2.44. The quantitative estimate of drug-likeness (QED) is 0.672. The fourth-order valence-corrected chi connectivity index (χ4v) is 5.08. The lowest BCUT2D eigenvalue weighted by Crippen LogP contribution is -2.46. The van der Waals surface area contributed by atoms with E-state index in [9.17, 15) is 4.79 Å². The van der Waals surface area contributed by atoms with Crippen molar-refractivity contribution in [2.45, 2.75) is 25.0 Å². The first-order valence-electron chi connectivity index (χ1n) is 8.82. The summed E-state index contributed by atoms with van der Waals surface area (Å²) in [6.07, 6.45) is 2.80. The number of para-hydroxylation sites is 1. The fraction of sp³-hybridized carbons (Fsp3) is 0.353. The minimum absolute atomic E-state index is 0.313. The Bertz CT molecular complexity index is 1040. The monoisotopic (exact) mass is 417 g/mol. The second kappa shape index (κ2) is 6.71. The average Bonchev–Trinajstić information content (AvgIpc) is 3.44. The summed E-state index contributed by atoms with van der Waals surface area (Å²) in [4.78, 5) is 21.9.